The number of nitrogens with zero attached hydrogens (tertiary/aromatic N) is 2. The zero-order valence-electron chi connectivity index (χ0n) is 8.32. The molecule has 15 heavy (non-hydrogen) atoms. The molecular formula is C10H9ClN2O2. The van der Waals surface area contributed by atoms with Gasteiger partial charge in [0.15, 0.2) is 6.29 Å². The number of aldehydes is 1. The van der Waals surface area contributed by atoms with Gasteiger partial charge in [-0.2, -0.15) is 0 Å². The van der Waals surface area contributed by atoms with E-state index in [2.05, 4.69) is 9.97 Å². The van der Waals surface area contributed by atoms with Crippen molar-refractivity contribution in [2.75, 3.05) is 0 Å². The molecule has 4 nitrogen and oxygen atoms in total. The van der Waals surface area contributed by atoms with Gasteiger partial charge in [-0.1, -0.05) is 25.4 Å². The Hall–Kier alpha value is -1.42. The first kappa shape index (κ1) is 10.1. The Balaban J connectivity index is 2.71. The molecule has 2 rings (SSSR count). The van der Waals surface area contributed by atoms with E-state index in [4.69, 9.17) is 16.0 Å². The van der Waals surface area contributed by atoms with Gasteiger partial charge in [0.1, 0.15) is 22.0 Å². The van der Waals surface area contributed by atoms with Crippen molar-refractivity contribution in [3.05, 3.63) is 22.7 Å². The van der Waals surface area contributed by atoms with Gasteiger partial charge in [-0.3, -0.25) is 4.79 Å². The molecule has 2 aromatic rings. The van der Waals surface area contributed by atoms with Gasteiger partial charge in [-0.15, -0.1) is 0 Å². The number of carbonyl (C=O) groups excluding carboxylic acids is 1. The molecule has 0 spiro atoms. The molecule has 2 heterocycles. The summed E-state index contributed by atoms with van der Waals surface area (Å²) in [6.45, 7) is 3.93. The molecule has 2 aromatic heterocycles. The fourth-order valence-electron chi connectivity index (χ4n) is 1.30. The summed E-state index contributed by atoms with van der Waals surface area (Å²) < 4.78 is 5.44. The molecule has 0 aliphatic heterocycles. The third-order valence-corrected chi connectivity index (χ3v) is 2.40. The molecule has 0 fully saturated rings. The Morgan fingerprint density at radius 3 is 2.87 bits per heavy atom. The predicted molar refractivity (Wildman–Crippen MR) is 56.3 cm³/mol. The molecule has 0 aliphatic rings. The zero-order chi connectivity index (χ0) is 11.0. The summed E-state index contributed by atoms with van der Waals surface area (Å²) in [5.41, 5.74) is 1.07. The highest BCUT2D eigenvalue weighted by Crippen LogP contribution is 2.32. The van der Waals surface area contributed by atoms with Crippen molar-refractivity contribution in [1.29, 1.82) is 0 Å². The maximum absolute atomic E-state index is 10.5. The molecule has 0 saturated carbocycles. The van der Waals surface area contributed by atoms with E-state index in [9.17, 15) is 4.79 Å². The number of carbonyl (C=O) groups is 1. The molecule has 0 aliphatic carbocycles. The molecule has 78 valence electrons. The number of rotatable bonds is 2. The van der Waals surface area contributed by atoms with Crippen LogP contribution in [-0.2, 0) is 0 Å². The first-order chi connectivity index (χ1) is 7.13. The SMILES string of the molecule is CC(C)c1oc2ncc(C=O)nc2c1Cl. The van der Waals surface area contributed by atoms with E-state index >= 15 is 0 Å². The number of hydrogen-bond acceptors (Lipinski definition) is 4. The van der Waals surface area contributed by atoms with Gasteiger partial charge in [0.25, 0.3) is 0 Å². The molecule has 0 unspecified atom stereocenters. The molecule has 0 atom stereocenters. The van der Waals surface area contributed by atoms with Crippen molar-refractivity contribution >= 4 is 29.1 Å². The highest BCUT2D eigenvalue weighted by molar-refractivity contribution is 6.35. The minimum Gasteiger partial charge on any atom is -0.440 e. The summed E-state index contributed by atoms with van der Waals surface area (Å²) in [6.07, 6.45) is 1.99. The van der Waals surface area contributed by atoms with Crippen LogP contribution >= 0.6 is 11.6 Å². The Labute approximate surface area is 91.3 Å². The maximum Gasteiger partial charge on any atom is 0.246 e. The largest absolute Gasteiger partial charge is 0.440 e. The van der Waals surface area contributed by atoms with Gasteiger partial charge < -0.3 is 4.42 Å². The van der Waals surface area contributed by atoms with Crippen molar-refractivity contribution in [2.45, 2.75) is 19.8 Å². The van der Waals surface area contributed by atoms with E-state index in [0.29, 0.717) is 28.3 Å². The second-order valence-corrected chi connectivity index (χ2v) is 3.88. The van der Waals surface area contributed by atoms with Crippen molar-refractivity contribution in [3.63, 3.8) is 0 Å². The predicted octanol–water partition coefficient (Wildman–Crippen LogP) is 2.81. The van der Waals surface area contributed by atoms with Crippen molar-refractivity contribution in [2.24, 2.45) is 0 Å². The summed E-state index contributed by atoms with van der Waals surface area (Å²) in [4.78, 5) is 18.5. The summed E-state index contributed by atoms with van der Waals surface area (Å²) in [7, 11) is 0. The lowest BCUT2D eigenvalue weighted by Gasteiger charge is -1.97. The zero-order valence-corrected chi connectivity index (χ0v) is 9.08. The van der Waals surface area contributed by atoms with Crippen LogP contribution in [0.4, 0.5) is 0 Å². The van der Waals surface area contributed by atoms with Crippen molar-refractivity contribution in [3.8, 4) is 0 Å². The summed E-state index contributed by atoms with van der Waals surface area (Å²) in [6, 6.07) is 0. The Kier molecular flexibility index (Phi) is 2.44. The van der Waals surface area contributed by atoms with Crippen LogP contribution < -0.4 is 0 Å². The van der Waals surface area contributed by atoms with Crippen molar-refractivity contribution < 1.29 is 9.21 Å². The van der Waals surface area contributed by atoms with Gasteiger partial charge >= 0.3 is 0 Å². The standard InChI is InChI=1S/C10H9ClN2O2/c1-5(2)9-7(11)8-10(15-9)12-3-6(4-14)13-8/h3-5H,1-2H3. The van der Waals surface area contributed by atoms with Crippen LogP contribution in [0.1, 0.15) is 36.0 Å². The van der Waals surface area contributed by atoms with Crippen LogP contribution in [0.2, 0.25) is 5.02 Å². The molecular weight excluding hydrogens is 216 g/mol. The molecule has 0 aromatic carbocycles. The highest BCUT2D eigenvalue weighted by atomic mass is 35.5. The molecule has 5 heteroatoms. The molecule has 0 amide bonds. The first-order valence-electron chi connectivity index (χ1n) is 4.53. The van der Waals surface area contributed by atoms with Gasteiger partial charge in [-0.05, 0) is 0 Å². The van der Waals surface area contributed by atoms with Crippen LogP contribution in [0, 0.1) is 0 Å². The van der Waals surface area contributed by atoms with E-state index in [1.54, 1.807) is 0 Å². The van der Waals surface area contributed by atoms with Crippen LogP contribution in [0.15, 0.2) is 10.6 Å². The molecule has 0 bridgehead atoms. The third-order valence-electron chi connectivity index (χ3n) is 2.03. The fraction of sp³-hybridized carbons (Fsp3) is 0.300. The normalized spacial score (nSPS) is 11.2. The smallest absolute Gasteiger partial charge is 0.246 e. The average Bonchev–Trinajstić information content (AvgIpc) is 2.56. The van der Waals surface area contributed by atoms with Crippen molar-refractivity contribution in [1.82, 2.24) is 9.97 Å². The van der Waals surface area contributed by atoms with Crippen LogP contribution in [-0.4, -0.2) is 16.3 Å². The fourth-order valence-corrected chi connectivity index (χ4v) is 1.68. The summed E-state index contributed by atoms with van der Waals surface area (Å²) in [5.74, 6) is 0.808. The maximum atomic E-state index is 10.5. The van der Waals surface area contributed by atoms with Crippen LogP contribution in [0.3, 0.4) is 0 Å². The number of fused-ring (bicyclic) bond motifs is 1. The van der Waals surface area contributed by atoms with Gasteiger partial charge in [-0.25, -0.2) is 9.97 Å². The topological polar surface area (TPSA) is 56.0 Å². The minimum absolute atomic E-state index is 0.160. The Morgan fingerprint density at radius 2 is 2.27 bits per heavy atom. The highest BCUT2D eigenvalue weighted by Gasteiger charge is 2.17. The van der Waals surface area contributed by atoms with E-state index in [-0.39, 0.29) is 11.6 Å². The van der Waals surface area contributed by atoms with Gasteiger partial charge in [0.2, 0.25) is 5.71 Å². The number of hydrogen-bond donors (Lipinski definition) is 0. The number of halogens is 1. The second-order valence-electron chi connectivity index (χ2n) is 3.50. The molecule has 0 N–H and O–H groups in total. The summed E-state index contributed by atoms with van der Waals surface area (Å²) >= 11 is 6.07. The lowest BCUT2D eigenvalue weighted by Crippen LogP contribution is -1.88. The van der Waals surface area contributed by atoms with Crippen LogP contribution in [0.5, 0.6) is 0 Å². The third kappa shape index (κ3) is 1.61. The van der Waals surface area contributed by atoms with Gasteiger partial charge in [0, 0.05) is 5.92 Å². The lowest BCUT2D eigenvalue weighted by atomic mass is 10.1. The Morgan fingerprint density at radius 1 is 1.53 bits per heavy atom. The second kappa shape index (κ2) is 3.62. The van der Waals surface area contributed by atoms with E-state index in [0.717, 1.165) is 0 Å². The monoisotopic (exact) mass is 224 g/mol. The van der Waals surface area contributed by atoms with Crippen LogP contribution in [0.25, 0.3) is 11.2 Å². The Bertz CT molecular complexity index is 519. The van der Waals surface area contributed by atoms with E-state index in [1.807, 2.05) is 13.8 Å². The quantitative estimate of drug-likeness (QED) is 0.736. The first-order valence-corrected chi connectivity index (χ1v) is 4.91. The minimum atomic E-state index is 0.160. The lowest BCUT2D eigenvalue weighted by molar-refractivity contribution is 0.111. The molecule has 0 saturated heterocycles. The van der Waals surface area contributed by atoms with E-state index in [1.165, 1.54) is 6.20 Å². The average molecular weight is 225 g/mol. The molecule has 0 radical (unpaired) electrons. The van der Waals surface area contributed by atoms with Gasteiger partial charge in [0.05, 0.1) is 6.20 Å². The number of furan rings is 1. The number of aromatic nitrogens is 2. The summed E-state index contributed by atoms with van der Waals surface area (Å²) in [5, 5.41) is 0.441. The van der Waals surface area contributed by atoms with E-state index < -0.39 is 0 Å².